The SMILES string of the molecule is C=CCN(Cc1nc(-c2ccccc2)no1)C(=O)COc1cccc(OC)c1. The number of rotatable bonds is 9. The van der Waals surface area contributed by atoms with Crippen LogP contribution in [0.5, 0.6) is 11.5 Å². The molecule has 0 saturated heterocycles. The molecule has 1 aromatic heterocycles. The predicted octanol–water partition coefficient (Wildman–Crippen LogP) is 3.34. The van der Waals surface area contributed by atoms with Gasteiger partial charge in [-0.3, -0.25) is 4.79 Å². The molecule has 0 spiro atoms. The molecule has 0 atom stereocenters. The molecule has 0 saturated carbocycles. The van der Waals surface area contributed by atoms with Gasteiger partial charge in [0.25, 0.3) is 5.91 Å². The lowest BCUT2D eigenvalue weighted by atomic mass is 10.2. The second-order valence-electron chi connectivity index (χ2n) is 5.91. The zero-order valence-electron chi connectivity index (χ0n) is 15.6. The van der Waals surface area contributed by atoms with Crippen LogP contribution in [0.3, 0.4) is 0 Å². The molecule has 0 bridgehead atoms. The maximum Gasteiger partial charge on any atom is 0.261 e. The molecule has 0 aliphatic rings. The quantitative estimate of drug-likeness (QED) is 0.531. The lowest BCUT2D eigenvalue weighted by molar-refractivity contribution is -0.133. The summed E-state index contributed by atoms with van der Waals surface area (Å²) >= 11 is 0. The molecule has 1 amide bonds. The van der Waals surface area contributed by atoms with Crippen LogP contribution in [0.2, 0.25) is 0 Å². The second kappa shape index (κ2) is 9.36. The van der Waals surface area contributed by atoms with Crippen LogP contribution in [0.25, 0.3) is 11.4 Å². The fourth-order valence-electron chi connectivity index (χ4n) is 2.52. The fraction of sp³-hybridized carbons (Fsp3) is 0.190. The third kappa shape index (κ3) is 4.97. The third-order valence-electron chi connectivity index (χ3n) is 3.93. The molecule has 3 aromatic rings. The first-order valence-electron chi connectivity index (χ1n) is 8.73. The average molecular weight is 379 g/mol. The molecule has 0 unspecified atom stereocenters. The number of nitrogens with zero attached hydrogens (tertiary/aromatic N) is 3. The standard InChI is InChI=1S/C21H21N3O4/c1-3-12-24(20(25)15-27-18-11-7-10-17(13-18)26-2)14-19-22-21(23-28-19)16-8-5-4-6-9-16/h3-11,13H,1,12,14-15H2,2H3. The Balaban J connectivity index is 1.63. The maximum absolute atomic E-state index is 12.6. The van der Waals surface area contributed by atoms with Gasteiger partial charge in [0.2, 0.25) is 11.7 Å². The van der Waals surface area contributed by atoms with Crippen molar-refractivity contribution in [2.45, 2.75) is 6.54 Å². The summed E-state index contributed by atoms with van der Waals surface area (Å²) < 4.78 is 16.0. The molecule has 7 heteroatoms. The van der Waals surface area contributed by atoms with Crippen LogP contribution >= 0.6 is 0 Å². The monoisotopic (exact) mass is 379 g/mol. The normalized spacial score (nSPS) is 10.3. The summed E-state index contributed by atoms with van der Waals surface area (Å²) in [5.41, 5.74) is 0.848. The van der Waals surface area contributed by atoms with E-state index in [4.69, 9.17) is 14.0 Å². The first-order chi connectivity index (χ1) is 13.7. The molecule has 1 heterocycles. The van der Waals surface area contributed by atoms with Gasteiger partial charge in [-0.25, -0.2) is 0 Å². The summed E-state index contributed by atoms with van der Waals surface area (Å²) in [5, 5.41) is 3.98. The fourth-order valence-corrected chi connectivity index (χ4v) is 2.52. The summed E-state index contributed by atoms with van der Waals surface area (Å²) in [6.45, 7) is 4.09. The van der Waals surface area contributed by atoms with E-state index in [1.807, 2.05) is 30.3 Å². The second-order valence-corrected chi connectivity index (χ2v) is 5.91. The number of hydrogen-bond acceptors (Lipinski definition) is 6. The highest BCUT2D eigenvalue weighted by molar-refractivity contribution is 5.77. The van der Waals surface area contributed by atoms with E-state index in [-0.39, 0.29) is 19.1 Å². The highest BCUT2D eigenvalue weighted by atomic mass is 16.5. The van der Waals surface area contributed by atoms with Crippen molar-refractivity contribution in [3.05, 3.63) is 73.1 Å². The first kappa shape index (κ1) is 19.2. The Hall–Kier alpha value is -3.61. The summed E-state index contributed by atoms with van der Waals surface area (Å²) in [6.07, 6.45) is 1.64. The first-order valence-corrected chi connectivity index (χ1v) is 8.73. The molecule has 144 valence electrons. The largest absolute Gasteiger partial charge is 0.497 e. The molecule has 0 fully saturated rings. The van der Waals surface area contributed by atoms with Crippen LogP contribution in [0, 0.1) is 0 Å². The molecular weight excluding hydrogens is 358 g/mol. The van der Waals surface area contributed by atoms with Crippen molar-refractivity contribution in [1.29, 1.82) is 0 Å². The Labute approximate surface area is 163 Å². The van der Waals surface area contributed by atoms with Crippen molar-refractivity contribution >= 4 is 5.91 Å². The van der Waals surface area contributed by atoms with E-state index in [0.29, 0.717) is 29.8 Å². The Bertz CT molecular complexity index is 924. The number of amides is 1. The summed E-state index contributed by atoms with van der Waals surface area (Å²) in [4.78, 5) is 18.5. The summed E-state index contributed by atoms with van der Waals surface area (Å²) in [5.74, 6) is 1.81. The molecule has 0 radical (unpaired) electrons. The average Bonchev–Trinajstić information content (AvgIpc) is 3.21. The van der Waals surface area contributed by atoms with Crippen molar-refractivity contribution in [1.82, 2.24) is 15.0 Å². The lowest BCUT2D eigenvalue weighted by Crippen LogP contribution is -2.34. The van der Waals surface area contributed by atoms with E-state index in [9.17, 15) is 4.79 Å². The van der Waals surface area contributed by atoms with Crippen molar-refractivity contribution in [3.63, 3.8) is 0 Å². The molecule has 7 nitrogen and oxygen atoms in total. The number of carbonyl (C=O) groups is 1. The Kier molecular flexibility index (Phi) is 6.41. The van der Waals surface area contributed by atoms with Crippen molar-refractivity contribution in [3.8, 4) is 22.9 Å². The zero-order valence-corrected chi connectivity index (χ0v) is 15.6. The minimum absolute atomic E-state index is 0.124. The van der Waals surface area contributed by atoms with E-state index >= 15 is 0 Å². The minimum atomic E-state index is -0.220. The van der Waals surface area contributed by atoms with Crippen LogP contribution in [0.15, 0.2) is 71.8 Å². The Morgan fingerprint density at radius 2 is 1.96 bits per heavy atom. The van der Waals surface area contributed by atoms with Gasteiger partial charge >= 0.3 is 0 Å². The van der Waals surface area contributed by atoms with E-state index in [0.717, 1.165) is 5.56 Å². The van der Waals surface area contributed by atoms with Crippen LogP contribution in [0.1, 0.15) is 5.89 Å². The topological polar surface area (TPSA) is 77.7 Å². The van der Waals surface area contributed by atoms with Crippen molar-refractivity contribution in [2.24, 2.45) is 0 Å². The zero-order chi connectivity index (χ0) is 19.8. The van der Waals surface area contributed by atoms with Crippen molar-refractivity contribution in [2.75, 3.05) is 20.3 Å². The van der Waals surface area contributed by atoms with E-state index in [1.165, 1.54) is 4.90 Å². The lowest BCUT2D eigenvalue weighted by Gasteiger charge is -2.19. The predicted molar refractivity (Wildman–Crippen MR) is 104 cm³/mol. The molecule has 28 heavy (non-hydrogen) atoms. The van der Waals surface area contributed by atoms with Gasteiger partial charge in [0.15, 0.2) is 6.61 Å². The van der Waals surface area contributed by atoms with Gasteiger partial charge in [0, 0.05) is 18.2 Å². The minimum Gasteiger partial charge on any atom is -0.497 e. The van der Waals surface area contributed by atoms with Gasteiger partial charge in [-0.1, -0.05) is 47.6 Å². The molecule has 0 aliphatic carbocycles. The Morgan fingerprint density at radius 1 is 1.18 bits per heavy atom. The van der Waals surface area contributed by atoms with E-state index in [1.54, 1.807) is 37.5 Å². The smallest absolute Gasteiger partial charge is 0.261 e. The molecule has 3 rings (SSSR count). The number of hydrogen-bond donors (Lipinski definition) is 0. The summed E-state index contributed by atoms with van der Waals surface area (Å²) in [6, 6.07) is 16.6. The van der Waals surface area contributed by atoms with Crippen LogP contribution in [0.4, 0.5) is 0 Å². The molecule has 0 N–H and O–H groups in total. The van der Waals surface area contributed by atoms with Gasteiger partial charge in [-0.2, -0.15) is 4.98 Å². The van der Waals surface area contributed by atoms with Crippen LogP contribution in [-0.4, -0.2) is 41.2 Å². The van der Waals surface area contributed by atoms with Gasteiger partial charge in [0.05, 0.1) is 7.11 Å². The molecule has 0 aliphatic heterocycles. The summed E-state index contributed by atoms with van der Waals surface area (Å²) in [7, 11) is 1.57. The van der Waals surface area contributed by atoms with E-state index < -0.39 is 0 Å². The number of benzene rings is 2. The van der Waals surface area contributed by atoms with Gasteiger partial charge < -0.3 is 18.9 Å². The van der Waals surface area contributed by atoms with Crippen LogP contribution < -0.4 is 9.47 Å². The highest BCUT2D eigenvalue weighted by Gasteiger charge is 2.18. The number of ether oxygens (including phenoxy) is 2. The molecule has 2 aromatic carbocycles. The molecular formula is C21H21N3O4. The number of aromatic nitrogens is 2. The third-order valence-corrected chi connectivity index (χ3v) is 3.93. The number of carbonyl (C=O) groups excluding carboxylic acids is 1. The number of methoxy groups -OCH3 is 1. The van der Waals surface area contributed by atoms with Gasteiger partial charge in [-0.15, -0.1) is 6.58 Å². The van der Waals surface area contributed by atoms with Crippen LogP contribution in [-0.2, 0) is 11.3 Å². The van der Waals surface area contributed by atoms with Crippen molar-refractivity contribution < 1.29 is 18.8 Å². The Morgan fingerprint density at radius 3 is 2.71 bits per heavy atom. The van der Waals surface area contributed by atoms with E-state index in [2.05, 4.69) is 16.7 Å². The van der Waals surface area contributed by atoms with Gasteiger partial charge in [-0.05, 0) is 12.1 Å². The highest BCUT2D eigenvalue weighted by Crippen LogP contribution is 2.19. The maximum atomic E-state index is 12.6. The van der Waals surface area contributed by atoms with Gasteiger partial charge in [0.1, 0.15) is 18.0 Å².